The summed E-state index contributed by atoms with van der Waals surface area (Å²) < 4.78 is 22.9. The number of halogens is 1. The van der Waals surface area contributed by atoms with Crippen LogP contribution < -0.4 is 4.74 Å². The molecule has 1 atom stereocenters. The Kier molecular flexibility index (Phi) is 4.51. The van der Waals surface area contributed by atoms with Gasteiger partial charge in [0.1, 0.15) is 6.29 Å². The van der Waals surface area contributed by atoms with E-state index in [-0.39, 0.29) is 11.8 Å². The number of nitrogens with zero attached hydrogens (tertiary/aromatic N) is 1. The molecule has 0 bridgehead atoms. The highest BCUT2D eigenvalue weighted by Crippen LogP contribution is 2.32. The molecular formula is C11H10FNO6. The Hall–Kier alpha value is -2.51. The first-order valence-corrected chi connectivity index (χ1v) is 5.08. The molecular weight excluding hydrogens is 261 g/mol. The number of rotatable bonds is 5. The lowest BCUT2D eigenvalue weighted by Crippen LogP contribution is -2.25. The van der Waals surface area contributed by atoms with E-state index in [1.807, 2.05) is 0 Å². The molecule has 0 radical (unpaired) electrons. The van der Waals surface area contributed by atoms with Crippen LogP contribution in [0.3, 0.4) is 0 Å². The number of hydrogen-bond acceptors (Lipinski definition) is 6. The normalized spacial score (nSPS) is 11.5. The van der Waals surface area contributed by atoms with Crippen molar-refractivity contribution in [2.45, 2.75) is 13.0 Å². The average Bonchev–Trinajstić information content (AvgIpc) is 2.39. The summed E-state index contributed by atoms with van der Waals surface area (Å²) in [5.74, 6) is -2.63. The number of hydrogen-bond donors (Lipinski definition) is 0. The summed E-state index contributed by atoms with van der Waals surface area (Å²) in [6, 6.07) is 1.63. The first-order valence-electron chi connectivity index (χ1n) is 5.08. The van der Waals surface area contributed by atoms with Gasteiger partial charge in [0.15, 0.2) is 11.9 Å². The van der Waals surface area contributed by atoms with Crippen molar-refractivity contribution in [1.29, 1.82) is 0 Å². The van der Waals surface area contributed by atoms with Gasteiger partial charge in [-0.1, -0.05) is 0 Å². The predicted octanol–water partition coefficient (Wildman–Crippen LogP) is 1.49. The van der Waals surface area contributed by atoms with Crippen molar-refractivity contribution in [2.75, 3.05) is 7.11 Å². The molecule has 19 heavy (non-hydrogen) atoms. The minimum atomic E-state index is -1.22. The zero-order valence-corrected chi connectivity index (χ0v) is 10.1. The van der Waals surface area contributed by atoms with E-state index in [0.717, 1.165) is 19.2 Å². The van der Waals surface area contributed by atoms with E-state index in [9.17, 15) is 24.1 Å². The van der Waals surface area contributed by atoms with Crippen LogP contribution in [-0.2, 0) is 9.53 Å². The van der Waals surface area contributed by atoms with E-state index < -0.39 is 34.3 Å². The first kappa shape index (κ1) is 14.6. The number of esters is 1. The second kappa shape index (κ2) is 5.89. The number of methoxy groups -OCH3 is 1. The fraction of sp³-hybridized carbons (Fsp3) is 0.273. The van der Waals surface area contributed by atoms with Crippen LogP contribution in [0.4, 0.5) is 10.1 Å². The van der Waals surface area contributed by atoms with E-state index >= 15 is 0 Å². The predicted molar refractivity (Wildman–Crippen MR) is 60.5 cm³/mol. The first-order chi connectivity index (χ1) is 8.90. The summed E-state index contributed by atoms with van der Waals surface area (Å²) in [5.41, 5.74) is -0.944. The molecule has 102 valence electrons. The summed E-state index contributed by atoms with van der Waals surface area (Å²) in [5, 5.41) is 10.8. The SMILES string of the molecule is COC(=O)C(C)Oc1c(F)cc(C=O)cc1[N+](=O)[O-]. The Morgan fingerprint density at radius 2 is 2.16 bits per heavy atom. The lowest BCUT2D eigenvalue weighted by molar-refractivity contribution is -0.386. The van der Waals surface area contributed by atoms with Crippen LogP contribution in [0.25, 0.3) is 0 Å². The molecule has 0 aliphatic carbocycles. The van der Waals surface area contributed by atoms with Gasteiger partial charge in [0.05, 0.1) is 12.0 Å². The number of carbonyl (C=O) groups is 2. The minimum absolute atomic E-state index is 0.206. The Morgan fingerprint density at radius 3 is 2.63 bits per heavy atom. The highest BCUT2D eigenvalue weighted by Gasteiger charge is 2.26. The van der Waals surface area contributed by atoms with Crippen LogP contribution in [0.2, 0.25) is 0 Å². The van der Waals surface area contributed by atoms with E-state index in [1.165, 1.54) is 6.92 Å². The van der Waals surface area contributed by atoms with Gasteiger partial charge in [-0.05, 0) is 13.0 Å². The Balaban J connectivity index is 3.22. The minimum Gasteiger partial charge on any atom is -0.470 e. The molecule has 0 amide bonds. The van der Waals surface area contributed by atoms with Crippen LogP contribution in [0.5, 0.6) is 5.75 Å². The molecule has 8 heteroatoms. The third-order valence-corrected chi connectivity index (χ3v) is 2.21. The number of aldehydes is 1. The molecule has 0 aromatic heterocycles. The van der Waals surface area contributed by atoms with Crippen molar-refractivity contribution in [3.8, 4) is 5.75 Å². The molecule has 0 fully saturated rings. The Labute approximate surface area is 107 Å². The third kappa shape index (κ3) is 3.24. The Bertz CT molecular complexity index is 530. The summed E-state index contributed by atoms with van der Waals surface area (Å²) >= 11 is 0. The largest absolute Gasteiger partial charge is 0.470 e. The molecule has 1 aromatic rings. The van der Waals surface area contributed by atoms with Gasteiger partial charge in [-0.15, -0.1) is 0 Å². The van der Waals surface area contributed by atoms with Crippen molar-refractivity contribution in [3.05, 3.63) is 33.6 Å². The van der Waals surface area contributed by atoms with Crippen molar-refractivity contribution in [3.63, 3.8) is 0 Å². The molecule has 1 unspecified atom stereocenters. The molecule has 0 heterocycles. The fourth-order valence-corrected chi connectivity index (χ4v) is 1.31. The molecule has 1 aromatic carbocycles. The fourth-order valence-electron chi connectivity index (χ4n) is 1.31. The van der Waals surface area contributed by atoms with Crippen LogP contribution in [0.15, 0.2) is 12.1 Å². The molecule has 0 N–H and O–H groups in total. The highest BCUT2D eigenvalue weighted by atomic mass is 19.1. The van der Waals surface area contributed by atoms with E-state index in [1.54, 1.807) is 0 Å². The van der Waals surface area contributed by atoms with Gasteiger partial charge >= 0.3 is 11.7 Å². The Morgan fingerprint density at radius 1 is 1.53 bits per heavy atom. The zero-order chi connectivity index (χ0) is 14.6. The number of ether oxygens (including phenoxy) is 2. The molecule has 0 aliphatic rings. The second-order valence-corrected chi connectivity index (χ2v) is 3.51. The van der Waals surface area contributed by atoms with E-state index in [4.69, 9.17) is 4.74 Å². The monoisotopic (exact) mass is 271 g/mol. The maximum Gasteiger partial charge on any atom is 0.346 e. The molecule has 0 saturated heterocycles. The molecule has 0 saturated carbocycles. The zero-order valence-electron chi connectivity index (χ0n) is 10.1. The maximum absolute atomic E-state index is 13.6. The molecule has 0 aliphatic heterocycles. The second-order valence-electron chi connectivity index (χ2n) is 3.51. The smallest absolute Gasteiger partial charge is 0.346 e. The maximum atomic E-state index is 13.6. The summed E-state index contributed by atoms with van der Waals surface area (Å²) in [6.07, 6.45) is -0.955. The third-order valence-electron chi connectivity index (χ3n) is 2.21. The summed E-state index contributed by atoms with van der Waals surface area (Å²) in [7, 11) is 1.10. The van der Waals surface area contributed by atoms with Gasteiger partial charge in [-0.25, -0.2) is 9.18 Å². The van der Waals surface area contributed by atoms with Crippen molar-refractivity contribution in [1.82, 2.24) is 0 Å². The van der Waals surface area contributed by atoms with Crippen molar-refractivity contribution < 1.29 is 28.4 Å². The van der Waals surface area contributed by atoms with Crippen molar-refractivity contribution >= 4 is 17.9 Å². The molecule has 7 nitrogen and oxygen atoms in total. The average molecular weight is 271 g/mol. The van der Waals surface area contributed by atoms with E-state index in [0.29, 0.717) is 0 Å². The van der Waals surface area contributed by atoms with Crippen molar-refractivity contribution in [2.24, 2.45) is 0 Å². The quantitative estimate of drug-likeness (QED) is 0.348. The van der Waals surface area contributed by atoms with Crippen LogP contribution in [-0.4, -0.2) is 30.4 Å². The van der Waals surface area contributed by atoms with E-state index in [2.05, 4.69) is 4.74 Å². The number of nitro benzene ring substituents is 1. The number of carbonyl (C=O) groups excluding carboxylic acids is 2. The van der Waals surface area contributed by atoms with Crippen LogP contribution in [0.1, 0.15) is 17.3 Å². The topological polar surface area (TPSA) is 95.7 Å². The lowest BCUT2D eigenvalue weighted by Gasteiger charge is -2.13. The lowest BCUT2D eigenvalue weighted by atomic mass is 10.2. The summed E-state index contributed by atoms with van der Waals surface area (Å²) in [6.45, 7) is 1.25. The van der Waals surface area contributed by atoms with Gasteiger partial charge in [0.25, 0.3) is 0 Å². The highest BCUT2D eigenvalue weighted by molar-refractivity contribution is 5.78. The van der Waals surface area contributed by atoms with Crippen LogP contribution >= 0.6 is 0 Å². The van der Waals surface area contributed by atoms with Gasteiger partial charge in [0.2, 0.25) is 5.75 Å². The number of nitro groups is 1. The van der Waals surface area contributed by atoms with Gasteiger partial charge in [-0.3, -0.25) is 14.9 Å². The number of benzene rings is 1. The van der Waals surface area contributed by atoms with Crippen LogP contribution in [0, 0.1) is 15.9 Å². The van der Waals surface area contributed by atoms with Gasteiger partial charge in [-0.2, -0.15) is 0 Å². The van der Waals surface area contributed by atoms with Gasteiger partial charge in [0, 0.05) is 11.6 Å². The van der Waals surface area contributed by atoms with Gasteiger partial charge < -0.3 is 9.47 Å². The molecule has 1 rings (SSSR count). The standard InChI is InChI=1S/C11H10FNO6/c1-6(11(15)18-2)19-10-8(12)3-7(5-14)4-9(10)13(16)17/h3-6H,1-2H3. The summed E-state index contributed by atoms with van der Waals surface area (Å²) in [4.78, 5) is 31.5. The molecule has 0 spiro atoms.